The summed E-state index contributed by atoms with van der Waals surface area (Å²) in [5.74, 6) is 0.215. The molecule has 0 aromatic carbocycles. The van der Waals surface area contributed by atoms with Crippen LogP contribution >= 0.6 is 0 Å². The van der Waals surface area contributed by atoms with Gasteiger partial charge in [0.15, 0.2) is 0 Å². The number of rotatable bonds is 2. The van der Waals surface area contributed by atoms with Gasteiger partial charge in [-0.25, -0.2) is 9.97 Å². The lowest BCUT2D eigenvalue weighted by Gasteiger charge is -2.54. The zero-order chi connectivity index (χ0) is 17.3. The SMILES string of the molecule is Cc1nc2ncccn2c1C(=O)N1C[C@@H]2C(C)(C)C[C@]2(C(N)=O)C1. The van der Waals surface area contributed by atoms with Crippen molar-refractivity contribution >= 4 is 17.6 Å². The Kier molecular flexibility index (Phi) is 2.87. The maximum atomic E-state index is 13.1. The zero-order valence-electron chi connectivity index (χ0n) is 14.1. The monoisotopic (exact) mass is 327 g/mol. The number of carbonyl (C=O) groups is 2. The predicted octanol–water partition coefficient (Wildman–Crippen LogP) is 1.01. The lowest BCUT2D eigenvalue weighted by molar-refractivity contribution is -0.148. The number of primary amides is 1. The van der Waals surface area contributed by atoms with Gasteiger partial charge in [-0.05, 0) is 30.7 Å². The fourth-order valence-corrected chi connectivity index (χ4v) is 4.79. The van der Waals surface area contributed by atoms with E-state index in [0.717, 1.165) is 6.42 Å². The summed E-state index contributed by atoms with van der Waals surface area (Å²) < 4.78 is 1.71. The molecule has 2 fully saturated rings. The summed E-state index contributed by atoms with van der Waals surface area (Å²) in [7, 11) is 0. The smallest absolute Gasteiger partial charge is 0.272 e. The fraction of sp³-hybridized carbons (Fsp3) is 0.529. The van der Waals surface area contributed by atoms with Gasteiger partial charge >= 0.3 is 0 Å². The third-order valence-corrected chi connectivity index (χ3v) is 5.82. The molecule has 0 bridgehead atoms. The molecule has 2 N–H and O–H groups in total. The van der Waals surface area contributed by atoms with Gasteiger partial charge in [0.1, 0.15) is 5.69 Å². The number of hydrogen-bond acceptors (Lipinski definition) is 4. The molecule has 2 amide bonds. The Bertz CT molecular complexity index is 871. The van der Waals surface area contributed by atoms with Crippen molar-refractivity contribution in [2.75, 3.05) is 13.1 Å². The van der Waals surface area contributed by atoms with Gasteiger partial charge in [-0.15, -0.1) is 0 Å². The molecule has 1 aliphatic heterocycles. The van der Waals surface area contributed by atoms with Crippen molar-refractivity contribution in [1.29, 1.82) is 0 Å². The number of aromatic nitrogens is 3. The Labute approximate surface area is 139 Å². The first-order valence-electron chi connectivity index (χ1n) is 8.15. The van der Waals surface area contributed by atoms with Crippen LogP contribution in [0.25, 0.3) is 5.78 Å². The van der Waals surface area contributed by atoms with Crippen molar-refractivity contribution in [3.63, 3.8) is 0 Å². The molecule has 2 aliphatic rings. The molecule has 7 heteroatoms. The molecule has 3 heterocycles. The van der Waals surface area contributed by atoms with Crippen LogP contribution in [0.1, 0.15) is 36.5 Å². The molecule has 4 rings (SSSR count). The first-order chi connectivity index (χ1) is 11.3. The molecule has 126 valence electrons. The number of hydrogen-bond donors (Lipinski definition) is 1. The summed E-state index contributed by atoms with van der Waals surface area (Å²) in [5.41, 5.74) is 6.30. The van der Waals surface area contributed by atoms with Crippen LogP contribution in [-0.4, -0.2) is 44.2 Å². The van der Waals surface area contributed by atoms with Gasteiger partial charge in [0, 0.05) is 25.5 Å². The number of nitrogens with two attached hydrogens (primary N) is 1. The Hall–Kier alpha value is -2.44. The maximum Gasteiger partial charge on any atom is 0.272 e. The van der Waals surface area contributed by atoms with Crippen LogP contribution in [0.5, 0.6) is 0 Å². The summed E-state index contributed by atoms with van der Waals surface area (Å²) in [6, 6.07) is 1.77. The lowest BCUT2D eigenvalue weighted by atomic mass is 9.48. The minimum Gasteiger partial charge on any atom is -0.369 e. The Morgan fingerprint density at radius 1 is 1.38 bits per heavy atom. The molecule has 1 aliphatic carbocycles. The highest BCUT2D eigenvalue weighted by Gasteiger charge is 2.66. The van der Waals surface area contributed by atoms with Crippen LogP contribution in [0.4, 0.5) is 0 Å². The van der Waals surface area contributed by atoms with Crippen molar-refractivity contribution in [1.82, 2.24) is 19.3 Å². The van der Waals surface area contributed by atoms with E-state index in [1.807, 2.05) is 0 Å². The Morgan fingerprint density at radius 2 is 2.12 bits per heavy atom. The van der Waals surface area contributed by atoms with Crippen LogP contribution < -0.4 is 5.73 Å². The molecular formula is C17H21N5O2. The molecular weight excluding hydrogens is 306 g/mol. The zero-order valence-corrected chi connectivity index (χ0v) is 14.1. The second-order valence-electron chi connectivity index (χ2n) is 7.76. The van der Waals surface area contributed by atoms with E-state index >= 15 is 0 Å². The number of fused-ring (bicyclic) bond motifs is 2. The minimum absolute atomic E-state index is 0.0279. The molecule has 1 saturated carbocycles. The molecule has 0 unspecified atom stereocenters. The highest BCUT2D eigenvalue weighted by atomic mass is 16.2. The molecule has 2 aromatic rings. The minimum atomic E-state index is -0.578. The van der Waals surface area contributed by atoms with Gasteiger partial charge in [0.05, 0.1) is 11.1 Å². The summed E-state index contributed by atoms with van der Waals surface area (Å²) >= 11 is 0. The topological polar surface area (TPSA) is 93.6 Å². The predicted molar refractivity (Wildman–Crippen MR) is 87.1 cm³/mol. The van der Waals surface area contributed by atoms with Crippen molar-refractivity contribution in [2.24, 2.45) is 22.5 Å². The standard InChI is InChI=1S/C17H21N5O2/c1-10-12(22-6-4-5-19-15(22)20-10)13(23)21-7-11-16(2,3)8-17(11,9-21)14(18)24/h4-6,11H,7-9H2,1-3H3,(H2,18,24)/t11-,17+/m1/s1. The largest absolute Gasteiger partial charge is 0.369 e. The van der Waals surface area contributed by atoms with E-state index in [2.05, 4.69) is 23.8 Å². The van der Waals surface area contributed by atoms with Gasteiger partial charge in [0.25, 0.3) is 5.91 Å². The van der Waals surface area contributed by atoms with Gasteiger partial charge in [0.2, 0.25) is 11.7 Å². The molecule has 1 saturated heterocycles. The highest BCUT2D eigenvalue weighted by molar-refractivity contribution is 5.96. The number of amides is 2. The van der Waals surface area contributed by atoms with Crippen LogP contribution in [0.2, 0.25) is 0 Å². The van der Waals surface area contributed by atoms with Crippen LogP contribution in [0.3, 0.4) is 0 Å². The van der Waals surface area contributed by atoms with E-state index in [4.69, 9.17) is 5.73 Å². The van der Waals surface area contributed by atoms with E-state index in [9.17, 15) is 9.59 Å². The number of imidazole rings is 1. The van der Waals surface area contributed by atoms with Crippen molar-refractivity contribution in [3.8, 4) is 0 Å². The fourth-order valence-electron chi connectivity index (χ4n) is 4.79. The molecule has 7 nitrogen and oxygen atoms in total. The molecule has 2 aromatic heterocycles. The average Bonchev–Trinajstić information content (AvgIpc) is 3.02. The summed E-state index contributed by atoms with van der Waals surface area (Å²) in [6.07, 6.45) is 4.17. The van der Waals surface area contributed by atoms with Crippen molar-refractivity contribution in [3.05, 3.63) is 29.8 Å². The second-order valence-corrected chi connectivity index (χ2v) is 7.76. The van der Waals surface area contributed by atoms with Crippen molar-refractivity contribution < 1.29 is 9.59 Å². The third-order valence-electron chi connectivity index (χ3n) is 5.82. The first kappa shape index (κ1) is 15.1. The number of aryl methyl sites for hydroxylation is 1. The second kappa shape index (κ2) is 4.55. The molecule has 0 spiro atoms. The summed E-state index contributed by atoms with van der Waals surface area (Å²) in [5, 5.41) is 0. The number of likely N-dealkylation sites (tertiary alicyclic amines) is 1. The third kappa shape index (κ3) is 1.78. The maximum absolute atomic E-state index is 13.1. The van der Waals surface area contributed by atoms with E-state index in [1.165, 1.54) is 0 Å². The van der Waals surface area contributed by atoms with E-state index < -0.39 is 5.41 Å². The molecule has 2 atom stereocenters. The summed E-state index contributed by atoms with van der Waals surface area (Å²) in [4.78, 5) is 35.5. The first-order valence-corrected chi connectivity index (χ1v) is 8.15. The van der Waals surface area contributed by atoms with Gasteiger partial charge < -0.3 is 10.6 Å². The quantitative estimate of drug-likeness (QED) is 0.891. The van der Waals surface area contributed by atoms with Gasteiger partial charge in [-0.1, -0.05) is 13.8 Å². The van der Waals surface area contributed by atoms with Gasteiger partial charge in [-0.2, -0.15) is 0 Å². The van der Waals surface area contributed by atoms with E-state index in [1.54, 1.807) is 34.7 Å². The number of nitrogens with zero attached hydrogens (tertiary/aromatic N) is 4. The normalized spacial score (nSPS) is 27.8. The highest BCUT2D eigenvalue weighted by Crippen LogP contribution is 2.62. The van der Waals surface area contributed by atoms with Gasteiger partial charge in [-0.3, -0.25) is 14.0 Å². The lowest BCUT2D eigenvalue weighted by Crippen LogP contribution is -2.59. The van der Waals surface area contributed by atoms with Crippen LogP contribution in [0.15, 0.2) is 18.5 Å². The van der Waals surface area contributed by atoms with Crippen LogP contribution in [0, 0.1) is 23.7 Å². The Morgan fingerprint density at radius 3 is 2.75 bits per heavy atom. The average molecular weight is 327 g/mol. The van der Waals surface area contributed by atoms with Crippen LogP contribution in [-0.2, 0) is 4.79 Å². The van der Waals surface area contributed by atoms with E-state index in [-0.39, 0.29) is 23.1 Å². The molecule has 24 heavy (non-hydrogen) atoms. The Balaban J connectivity index is 1.71. The summed E-state index contributed by atoms with van der Waals surface area (Å²) in [6.45, 7) is 7.02. The molecule has 0 radical (unpaired) electrons. The number of carbonyl (C=O) groups excluding carboxylic acids is 2. The van der Waals surface area contributed by atoms with Crippen molar-refractivity contribution in [2.45, 2.75) is 27.2 Å². The van der Waals surface area contributed by atoms with E-state index in [0.29, 0.717) is 30.3 Å².